The zero-order chi connectivity index (χ0) is 19.1. The number of hydrogen-bond donors (Lipinski definition) is 2. The number of carbonyl (C=O) groups excluding carboxylic acids is 1. The maximum absolute atomic E-state index is 12.8. The second-order valence-corrected chi connectivity index (χ2v) is 7.28. The Morgan fingerprint density at radius 2 is 1.96 bits per heavy atom. The fourth-order valence-electron chi connectivity index (χ4n) is 4.17. The van der Waals surface area contributed by atoms with Gasteiger partial charge in [-0.3, -0.25) is 9.59 Å². The Morgan fingerprint density at radius 1 is 1.14 bits per heavy atom. The first-order valence-electron chi connectivity index (χ1n) is 9.54. The summed E-state index contributed by atoms with van der Waals surface area (Å²) in [6, 6.07) is 15.9. The van der Waals surface area contributed by atoms with Crippen molar-refractivity contribution in [2.24, 2.45) is 0 Å². The lowest BCUT2D eigenvalue weighted by Crippen LogP contribution is -2.36. The molecule has 0 saturated heterocycles. The number of H-pyrrole nitrogens is 1. The van der Waals surface area contributed by atoms with E-state index in [1.54, 1.807) is 6.20 Å². The van der Waals surface area contributed by atoms with Crippen molar-refractivity contribution in [3.8, 4) is 0 Å². The van der Waals surface area contributed by atoms with Crippen molar-refractivity contribution < 1.29 is 4.79 Å². The summed E-state index contributed by atoms with van der Waals surface area (Å²) < 4.78 is 1.22. The van der Waals surface area contributed by atoms with Crippen LogP contribution in [0.5, 0.6) is 0 Å². The first-order valence-corrected chi connectivity index (χ1v) is 9.54. The summed E-state index contributed by atoms with van der Waals surface area (Å²) in [6.45, 7) is -0.0944. The van der Waals surface area contributed by atoms with Gasteiger partial charge in [-0.15, -0.1) is 0 Å². The Balaban J connectivity index is 1.41. The third kappa shape index (κ3) is 2.78. The standard InChI is InChI=1S/C22H20N4O2/c27-20(24-18-11-5-7-14-6-1-2-8-15(14)18)13-26-22(28)21-17(12-23-26)16-9-3-4-10-19(16)25-21/h1-4,6,8-10,12,18,25H,5,7,11,13H2,(H,24,27). The van der Waals surface area contributed by atoms with Crippen LogP contribution >= 0.6 is 0 Å². The lowest BCUT2D eigenvalue weighted by molar-refractivity contribution is -0.122. The largest absolute Gasteiger partial charge is 0.350 e. The van der Waals surface area contributed by atoms with E-state index in [9.17, 15) is 9.59 Å². The van der Waals surface area contributed by atoms with Crippen molar-refractivity contribution in [3.05, 3.63) is 76.2 Å². The quantitative estimate of drug-likeness (QED) is 0.580. The highest BCUT2D eigenvalue weighted by Gasteiger charge is 2.22. The van der Waals surface area contributed by atoms with Gasteiger partial charge in [0.2, 0.25) is 5.91 Å². The lowest BCUT2D eigenvalue weighted by atomic mass is 9.88. The van der Waals surface area contributed by atoms with Crippen molar-refractivity contribution in [2.45, 2.75) is 31.8 Å². The summed E-state index contributed by atoms with van der Waals surface area (Å²) in [6.07, 6.45) is 4.65. The molecule has 140 valence electrons. The number of amides is 1. The molecule has 0 saturated carbocycles. The van der Waals surface area contributed by atoms with Crippen LogP contribution in [0.15, 0.2) is 59.5 Å². The zero-order valence-electron chi connectivity index (χ0n) is 15.3. The molecule has 28 heavy (non-hydrogen) atoms. The number of para-hydroxylation sites is 1. The SMILES string of the molecule is O=C(Cn1ncc2c([nH]c3ccccc32)c1=O)NC1CCCc2ccccc21. The van der Waals surface area contributed by atoms with Gasteiger partial charge in [-0.2, -0.15) is 5.10 Å². The van der Waals surface area contributed by atoms with E-state index < -0.39 is 0 Å². The average molecular weight is 372 g/mol. The molecule has 1 unspecified atom stereocenters. The second-order valence-electron chi connectivity index (χ2n) is 7.28. The van der Waals surface area contributed by atoms with Crippen LogP contribution in [-0.2, 0) is 17.8 Å². The van der Waals surface area contributed by atoms with Crippen LogP contribution in [0, 0.1) is 0 Å². The summed E-state index contributed by atoms with van der Waals surface area (Å²) in [7, 11) is 0. The molecule has 1 amide bonds. The minimum Gasteiger partial charge on any atom is -0.350 e. The molecule has 0 radical (unpaired) electrons. The van der Waals surface area contributed by atoms with Crippen LogP contribution in [0.2, 0.25) is 0 Å². The molecule has 1 atom stereocenters. The predicted octanol–water partition coefficient (Wildman–Crippen LogP) is 3.07. The average Bonchev–Trinajstić information content (AvgIpc) is 3.10. The van der Waals surface area contributed by atoms with Crippen molar-refractivity contribution in [3.63, 3.8) is 0 Å². The number of hydrogen-bond acceptors (Lipinski definition) is 3. The fourth-order valence-corrected chi connectivity index (χ4v) is 4.17. The van der Waals surface area contributed by atoms with E-state index in [1.165, 1.54) is 15.8 Å². The van der Waals surface area contributed by atoms with Gasteiger partial charge in [-0.1, -0.05) is 42.5 Å². The highest BCUT2D eigenvalue weighted by atomic mass is 16.2. The number of aromatic nitrogens is 3. The topological polar surface area (TPSA) is 79.8 Å². The van der Waals surface area contributed by atoms with E-state index in [-0.39, 0.29) is 24.1 Å². The van der Waals surface area contributed by atoms with Gasteiger partial charge in [0.15, 0.2) is 0 Å². The summed E-state index contributed by atoms with van der Waals surface area (Å²) >= 11 is 0. The third-order valence-electron chi connectivity index (χ3n) is 5.52. The molecule has 6 nitrogen and oxygen atoms in total. The summed E-state index contributed by atoms with van der Waals surface area (Å²) in [5.41, 5.74) is 3.54. The van der Waals surface area contributed by atoms with E-state index >= 15 is 0 Å². The lowest BCUT2D eigenvalue weighted by Gasteiger charge is -2.26. The van der Waals surface area contributed by atoms with Crippen molar-refractivity contribution >= 4 is 27.7 Å². The molecular weight excluding hydrogens is 352 g/mol. The van der Waals surface area contributed by atoms with Gasteiger partial charge in [-0.05, 0) is 36.5 Å². The van der Waals surface area contributed by atoms with E-state index in [1.807, 2.05) is 36.4 Å². The molecule has 1 aliphatic carbocycles. The Bertz CT molecular complexity index is 1250. The van der Waals surface area contributed by atoms with Gasteiger partial charge in [0.25, 0.3) is 5.56 Å². The number of fused-ring (bicyclic) bond motifs is 4. The van der Waals surface area contributed by atoms with E-state index in [0.717, 1.165) is 35.6 Å². The van der Waals surface area contributed by atoms with Gasteiger partial charge in [0.1, 0.15) is 12.1 Å². The van der Waals surface area contributed by atoms with Crippen LogP contribution < -0.4 is 10.9 Å². The highest BCUT2D eigenvalue weighted by Crippen LogP contribution is 2.29. The minimum atomic E-state index is -0.284. The summed E-state index contributed by atoms with van der Waals surface area (Å²) in [4.78, 5) is 28.6. The Hall–Kier alpha value is -3.41. The molecule has 2 heterocycles. The molecule has 0 fully saturated rings. The Morgan fingerprint density at radius 3 is 2.89 bits per heavy atom. The van der Waals surface area contributed by atoms with Gasteiger partial charge in [-0.25, -0.2) is 4.68 Å². The number of aryl methyl sites for hydroxylation is 1. The van der Waals surface area contributed by atoms with Crippen LogP contribution in [0.25, 0.3) is 21.8 Å². The maximum atomic E-state index is 12.8. The van der Waals surface area contributed by atoms with Crippen molar-refractivity contribution in [2.75, 3.05) is 0 Å². The molecule has 2 aromatic carbocycles. The van der Waals surface area contributed by atoms with Crippen LogP contribution in [0.1, 0.15) is 30.0 Å². The van der Waals surface area contributed by atoms with Crippen molar-refractivity contribution in [1.29, 1.82) is 0 Å². The van der Waals surface area contributed by atoms with Crippen LogP contribution in [0.3, 0.4) is 0 Å². The first-order chi connectivity index (χ1) is 13.7. The molecule has 0 spiro atoms. The fraction of sp³-hybridized carbons (Fsp3) is 0.227. The second kappa shape index (κ2) is 6.64. The number of benzene rings is 2. The predicted molar refractivity (Wildman–Crippen MR) is 108 cm³/mol. The van der Waals surface area contributed by atoms with Gasteiger partial charge < -0.3 is 10.3 Å². The normalized spacial score (nSPS) is 16.2. The Labute approximate surface area is 161 Å². The molecule has 1 aliphatic rings. The molecular formula is C22H20N4O2. The smallest absolute Gasteiger partial charge is 0.291 e. The van der Waals surface area contributed by atoms with Gasteiger partial charge >= 0.3 is 0 Å². The number of carbonyl (C=O) groups is 1. The van der Waals surface area contributed by atoms with E-state index in [4.69, 9.17) is 0 Å². The van der Waals surface area contributed by atoms with Gasteiger partial charge in [0, 0.05) is 16.3 Å². The zero-order valence-corrected chi connectivity index (χ0v) is 15.3. The highest BCUT2D eigenvalue weighted by molar-refractivity contribution is 6.06. The monoisotopic (exact) mass is 372 g/mol. The minimum absolute atomic E-state index is 0.00930. The number of nitrogens with one attached hydrogen (secondary N) is 2. The van der Waals surface area contributed by atoms with Crippen molar-refractivity contribution in [1.82, 2.24) is 20.1 Å². The first kappa shape index (κ1) is 16.7. The third-order valence-corrected chi connectivity index (χ3v) is 5.52. The number of rotatable bonds is 3. The van der Waals surface area contributed by atoms with E-state index in [0.29, 0.717) is 5.52 Å². The molecule has 0 bridgehead atoms. The molecule has 4 aromatic rings. The molecule has 0 aliphatic heterocycles. The molecule has 6 heteroatoms. The molecule has 2 N–H and O–H groups in total. The van der Waals surface area contributed by atoms with Crippen LogP contribution in [-0.4, -0.2) is 20.7 Å². The summed E-state index contributed by atoms with van der Waals surface area (Å²) in [5.74, 6) is -0.202. The summed E-state index contributed by atoms with van der Waals surface area (Å²) in [5, 5.41) is 9.04. The van der Waals surface area contributed by atoms with Gasteiger partial charge in [0.05, 0.1) is 12.2 Å². The Kier molecular flexibility index (Phi) is 3.97. The van der Waals surface area contributed by atoms with Crippen LogP contribution in [0.4, 0.5) is 0 Å². The van der Waals surface area contributed by atoms with E-state index in [2.05, 4.69) is 27.5 Å². The number of aromatic amines is 1. The molecule has 2 aromatic heterocycles. The number of nitrogens with zero attached hydrogens (tertiary/aromatic N) is 2. The maximum Gasteiger partial charge on any atom is 0.291 e. The molecule has 5 rings (SSSR count).